The summed E-state index contributed by atoms with van der Waals surface area (Å²) in [4.78, 5) is 9.64. The number of alkyl halides is 1. The summed E-state index contributed by atoms with van der Waals surface area (Å²) in [6, 6.07) is 0. The van der Waals surface area contributed by atoms with Crippen LogP contribution in [0.25, 0.3) is 0 Å². The van der Waals surface area contributed by atoms with E-state index in [1.54, 1.807) is 0 Å². The van der Waals surface area contributed by atoms with Gasteiger partial charge in [-0.2, -0.15) is 0 Å². The van der Waals surface area contributed by atoms with E-state index in [9.17, 15) is 9.18 Å². The van der Waals surface area contributed by atoms with Gasteiger partial charge in [0.15, 0.2) is 12.5 Å². The maximum absolute atomic E-state index is 12.1. The highest BCUT2D eigenvalue weighted by atomic mass is 18.2. The molecule has 0 heterocycles. The number of carbonyl (C=O) groups is 1. The zero-order valence-electron chi connectivity index (χ0n) is 5.14. The van der Waals surface area contributed by atoms with Crippen LogP contribution in [0.2, 0.25) is 0 Å². The highest BCUT2D eigenvalue weighted by Gasteiger charge is 2.24. The molecule has 0 aromatic carbocycles. The Hall–Kier alpha value is -0.520. The summed E-state index contributed by atoms with van der Waals surface area (Å²) in [7, 11) is 0. The second-order valence-corrected chi connectivity index (χ2v) is 1.82. The Labute approximate surface area is 56.9 Å². The van der Waals surface area contributed by atoms with Gasteiger partial charge in [0.05, 0.1) is 6.61 Å². The third kappa shape index (κ3) is 2.38. The maximum Gasteiger partial charge on any atom is 0.183 e. The Morgan fingerprint density at radius 3 is 2.30 bits per heavy atom. The molecule has 0 aromatic rings. The van der Waals surface area contributed by atoms with Crippen molar-refractivity contribution in [3.05, 3.63) is 0 Å². The van der Waals surface area contributed by atoms with Gasteiger partial charge in [0.2, 0.25) is 0 Å². The number of hydrogen-bond acceptors (Lipinski definition) is 4. The van der Waals surface area contributed by atoms with Gasteiger partial charge >= 0.3 is 0 Å². The van der Waals surface area contributed by atoms with Crippen LogP contribution in [0.15, 0.2) is 0 Å². The fraction of sp³-hybridized carbons (Fsp3) is 0.800. The van der Waals surface area contributed by atoms with Crippen LogP contribution in [0.3, 0.4) is 0 Å². The van der Waals surface area contributed by atoms with Crippen molar-refractivity contribution in [3.8, 4) is 0 Å². The lowest BCUT2D eigenvalue weighted by molar-refractivity contribution is -0.120. The Kier molecular flexibility index (Phi) is 4.10. The van der Waals surface area contributed by atoms with Crippen LogP contribution in [0.4, 0.5) is 4.39 Å². The lowest BCUT2D eigenvalue weighted by Crippen LogP contribution is -2.37. The van der Waals surface area contributed by atoms with E-state index in [1.807, 2.05) is 0 Å². The summed E-state index contributed by atoms with van der Waals surface area (Å²) >= 11 is 0. The predicted molar refractivity (Wildman–Crippen MR) is 30.1 cm³/mol. The first-order valence-corrected chi connectivity index (χ1v) is 2.69. The van der Waals surface area contributed by atoms with E-state index < -0.39 is 25.0 Å². The van der Waals surface area contributed by atoms with Gasteiger partial charge < -0.3 is 20.1 Å². The van der Waals surface area contributed by atoms with Crippen molar-refractivity contribution in [2.75, 3.05) is 6.61 Å². The van der Waals surface area contributed by atoms with Crippen molar-refractivity contribution in [2.45, 2.75) is 18.4 Å². The number of aliphatic hydroxyl groups excluding tert-OH is 3. The van der Waals surface area contributed by atoms with Gasteiger partial charge in [0.25, 0.3) is 0 Å². The van der Waals surface area contributed by atoms with Crippen molar-refractivity contribution in [1.82, 2.24) is 0 Å². The smallest absolute Gasteiger partial charge is 0.183 e. The number of rotatable bonds is 4. The van der Waals surface area contributed by atoms with Crippen LogP contribution >= 0.6 is 0 Å². The van der Waals surface area contributed by atoms with E-state index in [0.29, 0.717) is 0 Å². The van der Waals surface area contributed by atoms with Crippen LogP contribution in [-0.2, 0) is 4.79 Å². The normalized spacial score (nSPS) is 19.6. The number of carbonyl (C=O) groups excluding carboxylic acids is 1. The molecule has 0 unspecified atom stereocenters. The summed E-state index contributed by atoms with van der Waals surface area (Å²) < 4.78 is 12.1. The van der Waals surface area contributed by atoms with Crippen LogP contribution in [0.5, 0.6) is 0 Å². The monoisotopic (exact) mass is 151 g/mol. The molecule has 0 aliphatic rings. The molecule has 60 valence electrons. The molecule has 0 bridgehead atoms. The topological polar surface area (TPSA) is 77.8 Å². The van der Waals surface area contributed by atoms with Crippen LogP contribution in [-0.4, -0.2) is 46.6 Å². The Morgan fingerprint density at radius 1 is 1.50 bits per heavy atom. The first kappa shape index (κ1) is 9.48. The number of aliphatic hydroxyl groups is 3. The van der Waals surface area contributed by atoms with Gasteiger partial charge in [0, 0.05) is 0 Å². The fourth-order valence-electron chi connectivity index (χ4n) is 0.401. The predicted octanol–water partition coefficient (Wildman–Crippen LogP) is -1.76. The molecule has 0 aliphatic carbocycles. The highest BCUT2D eigenvalue weighted by Crippen LogP contribution is 2.00. The Morgan fingerprint density at radius 2 is 2.00 bits per heavy atom. The molecular weight excluding hydrogens is 142 g/mol. The second kappa shape index (κ2) is 4.32. The van der Waals surface area contributed by atoms with E-state index in [0.717, 1.165) is 0 Å². The molecule has 3 atom stereocenters. The molecule has 0 rings (SSSR count). The summed E-state index contributed by atoms with van der Waals surface area (Å²) in [5, 5.41) is 25.3. The number of halogens is 1. The summed E-state index contributed by atoms with van der Waals surface area (Å²) in [5.74, 6) is 0. The summed E-state index contributed by atoms with van der Waals surface area (Å²) in [6.07, 6.45) is -5.70. The molecule has 10 heavy (non-hydrogen) atoms. The SMILES string of the molecule is O=C[C@H]([18F])[C@H](O)[C@H](O)CO. The minimum absolute atomic E-state index is 0.135. The standard InChI is InChI=1S/C5H9FO4/c6-3(1-7)5(10)4(9)2-8/h1,3-5,8-10H,2H2/t3-,4+,5-/m0/s1/i6-1. The van der Waals surface area contributed by atoms with Crippen molar-refractivity contribution < 1.29 is 24.5 Å². The fourth-order valence-corrected chi connectivity index (χ4v) is 0.401. The van der Waals surface area contributed by atoms with Crippen LogP contribution < -0.4 is 0 Å². The molecule has 0 amide bonds. The zero-order chi connectivity index (χ0) is 8.15. The molecule has 0 spiro atoms. The van der Waals surface area contributed by atoms with Crippen molar-refractivity contribution in [3.63, 3.8) is 0 Å². The molecule has 0 fully saturated rings. The number of hydrogen-bond donors (Lipinski definition) is 3. The van der Waals surface area contributed by atoms with Crippen molar-refractivity contribution in [1.29, 1.82) is 0 Å². The van der Waals surface area contributed by atoms with Gasteiger partial charge in [-0.15, -0.1) is 0 Å². The highest BCUT2D eigenvalue weighted by molar-refractivity contribution is 5.56. The van der Waals surface area contributed by atoms with E-state index in [2.05, 4.69) is 0 Å². The maximum atomic E-state index is 12.1. The molecule has 0 saturated carbocycles. The quantitative estimate of drug-likeness (QED) is 0.416. The Balaban J connectivity index is 3.80. The van der Waals surface area contributed by atoms with Gasteiger partial charge in [-0.05, 0) is 0 Å². The minimum Gasteiger partial charge on any atom is -0.394 e. The molecule has 3 N–H and O–H groups in total. The van der Waals surface area contributed by atoms with E-state index in [-0.39, 0.29) is 6.29 Å². The zero-order valence-corrected chi connectivity index (χ0v) is 5.14. The number of aldehydes is 1. The first-order valence-electron chi connectivity index (χ1n) is 2.69. The average Bonchev–Trinajstić information content (AvgIpc) is 2.00. The third-order valence-electron chi connectivity index (χ3n) is 1.04. The molecule has 0 saturated heterocycles. The average molecular weight is 151 g/mol. The third-order valence-corrected chi connectivity index (χ3v) is 1.04. The van der Waals surface area contributed by atoms with Gasteiger partial charge in [-0.3, -0.25) is 0 Å². The molecular formula is C5H9FO4. The Bertz CT molecular complexity index is 108. The molecule has 5 heteroatoms. The second-order valence-electron chi connectivity index (χ2n) is 1.82. The largest absolute Gasteiger partial charge is 0.394 e. The van der Waals surface area contributed by atoms with Crippen molar-refractivity contribution in [2.24, 2.45) is 0 Å². The van der Waals surface area contributed by atoms with Crippen LogP contribution in [0.1, 0.15) is 0 Å². The van der Waals surface area contributed by atoms with Crippen molar-refractivity contribution >= 4 is 6.29 Å². The first-order chi connectivity index (χ1) is 4.63. The van der Waals surface area contributed by atoms with Gasteiger partial charge in [-0.1, -0.05) is 0 Å². The summed E-state index contributed by atoms with van der Waals surface area (Å²) in [5.41, 5.74) is 0. The minimum atomic E-state index is -2.14. The lowest BCUT2D eigenvalue weighted by Gasteiger charge is -2.14. The molecule has 0 radical (unpaired) electrons. The summed E-state index contributed by atoms with van der Waals surface area (Å²) in [6.45, 7) is -0.768. The lowest BCUT2D eigenvalue weighted by atomic mass is 10.1. The van der Waals surface area contributed by atoms with E-state index >= 15 is 0 Å². The van der Waals surface area contributed by atoms with Gasteiger partial charge in [-0.25, -0.2) is 4.39 Å². The van der Waals surface area contributed by atoms with E-state index in [4.69, 9.17) is 15.3 Å². The van der Waals surface area contributed by atoms with Crippen LogP contribution in [0, 0.1) is 0 Å². The molecule has 0 aromatic heterocycles. The van der Waals surface area contributed by atoms with Gasteiger partial charge in [0.1, 0.15) is 12.2 Å². The molecule has 0 aliphatic heterocycles. The molecule has 4 nitrogen and oxygen atoms in total. The van der Waals surface area contributed by atoms with E-state index in [1.165, 1.54) is 0 Å².